The van der Waals surface area contributed by atoms with Crippen molar-refractivity contribution in [3.8, 4) is 0 Å². The Morgan fingerprint density at radius 2 is 2.14 bits per heavy atom. The highest BCUT2D eigenvalue weighted by Gasteiger charge is 2.11. The molecule has 0 saturated carbocycles. The molecule has 1 aromatic carbocycles. The summed E-state index contributed by atoms with van der Waals surface area (Å²) in [6.07, 6.45) is 1.18. The monoisotopic (exact) mass is 213 g/mol. The zero-order valence-corrected chi connectivity index (χ0v) is 9.30. The largest absolute Gasteiger partial charge is 0.398 e. The molecule has 3 N–H and O–H groups in total. The Bertz CT molecular complexity index is 325. The van der Waals surface area contributed by atoms with Crippen molar-refractivity contribution in [2.24, 2.45) is 0 Å². The smallest absolute Gasteiger partial charge is 0.0809 e. The van der Waals surface area contributed by atoms with E-state index < -0.39 is 6.10 Å². The maximum atomic E-state index is 9.79. The van der Waals surface area contributed by atoms with Crippen LogP contribution in [0.1, 0.15) is 37.0 Å². The van der Waals surface area contributed by atoms with Gasteiger partial charge in [-0.05, 0) is 31.0 Å². The molecule has 0 bridgehead atoms. The minimum absolute atomic E-state index is 0.476. The van der Waals surface area contributed by atoms with Crippen LogP contribution in [0.3, 0.4) is 0 Å². The number of halogens is 1. The van der Waals surface area contributed by atoms with Crippen LogP contribution in [-0.2, 0) is 0 Å². The first-order chi connectivity index (χ1) is 6.56. The van der Waals surface area contributed by atoms with Crippen molar-refractivity contribution in [1.82, 2.24) is 0 Å². The lowest BCUT2D eigenvalue weighted by atomic mass is 10.0. The summed E-state index contributed by atoms with van der Waals surface area (Å²) in [6, 6.07) is 3.56. The Labute approximate surface area is 89.7 Å². The molecule has 0 fully saturated rings. The van der Waals surface area contributed by atoms with Gasteiger partial charge in [0.05, 0.1) is 6.10 Å². The highest BCUT2D eigenvalue weighted by atomic mass is 35.5. The van der Waals surface area contributed by atoms with Gasteiger partial charge < -0.3 is 10.8 Å². The van der Waals surface area contributed by atoms with Crippen molar-refractivity contribution in [2.75, 3.05) is 5.73 Å². The number of aliphatic hydroxyl groups excluding tert-OH is 1. The summed E-state index contributed by atoms with van der Waals surface area (Å²) in [6.45, 7) is 3.94. The summed E-state index contributed by atoms with van der Waals surface area (Å²) in [5.41, 5.74) is 8.08. The fourth-order valence-corrected chi connectivity index (χ4v) is 1.61. The summed E-state index contributed by atoms with van der Waals surface area (Å²) < 4.78 is 0. The van der Waals surface area contributed by atoms with Gasteiger partial charge in [-0.25, -0.2) is 0 Å². The number of benzene rings is 1. The van der Waals surface area contributed by atoms with Gasteiger partial charge in [0, 0.05) is 16.3 Å². The third kappa shape index (κ3) is 2.40. The van der Waals surface area contributed by atoms with Gasteiger partial charge >= 0.3 is 0 Å². The fraction of sp³-hybridized carbons (Fsp3) is 0.455. The number of nitrogen functional groups attached to an aromatic ring is 1. The summed E-state index contributed by atoms with van der Waals surface area (Å²) in [5.74, 6) is 0. The maximum absolute atomic E-state index is 9.79. The van der Waals surface area contributed by atoms with Crippen LogP contribution in [0.5, 0.6) is 0 Å². The van der Waals surface area contributed by atoms with Crippen molar-refractivity contribution in [3.63, 3.8) is 0 Å². The van der Waals surface area contributed by atoms with E-state index in [1.807, 2.05) is 19.9 Å². The lowest BCUT2D eigenvalue weighted by Gasteiger charge is -2.14. The van der Waals surface area contributed by atoms with Crippen molar-refractivity contribution in [3.05, 3.63) is 28.3 Å². The second-order valence-corrected chi connectivity index (χ2v) is 3.94. The maximum Gasteiger partial charge on any atom is 0.0809 e. The van der Waals surface area contributed by atoms with Gasteiger partial charge in [0.2, 0.25) is 0 Å². The molecule has 0 aromatic heterocycles. The van der Waals surface area contributed by atoms with Gasteiger partial charge in [0.1, 0.15) is 0 Å². The van der Waals surface area contributed by atoms with E-state index in [4.69, 9.17) is 17.3 Å². The van der Waals surface area contributed by atoms with Gasteiger partial charge in [-0.2, -0.15) is 0 Å². The van der Waals surface area contributed by atoms with Gasteiger partial charge in [-0.3, -0.25) is 0 Å². The molecule has 78 valence electrons. The molecule has 1 aromatic rings. The first-order valence-corrected chi connectivity index (χ1v) is 5.17. The van der Waals surface area contributed by atoms with Gasteiger partial charge in [0.25, 0.3) is 0 Å². The van der Waals surface area contributed by atoms with E-state index in [0.717, 1.165) is 24.0 Å². The second kappa shape index (κ2) is 4.67. The SMILES string of the molecule is CCCC(O)c1cc(C)c(Cl)cc1N. The van der Waals surface area contributed by atoms with Gasteiger partial charge in [-0.15, -0.1) is 0 Å². The summed E-state index contributed by atoms with van der Waals surface area (Å²) >= 11 is 5.91. The van der Waals surface area contributed by atoms with E-state index in [2.05, 4.69) is 0 Å². The summed E-state index contributed by atoms with van der Waals surface area (Å²) in [5, 5.41) is 10.4. The highest BCUT2D eigenvalue weighted by molar-refractivity contribution is 6.31. The topological polar surface area (TPSA) is 46.2 Å². The molecule has 0 aliphatic rings. The number of aliphatic hydroxyl groups is 1. The Balaban J connectivity index is 3.02. The molecular weight excluding hydrogens is 198 g/mol. The summed E-state index contributed by atoms with van der Waals surface area (Å²) in [7, 11) is 0. The van der Waals surface area contributed by atoms with E-state index in [9.17, 15) is 5.11 Å². The molecule has 0 aliphatic heterocycles. The Morgan fingerprint density at radius 1 is 1.50 bits per heavy atom. The molecule has 14 heavy (non-hydrogen) atoms. The number of rotatable bonds is 3. The molecule has 1 unspecified atom stereocenters. The van der Waals surface area contributed by atoms with E-state index >= 15 is 0 Å². The molecule has 2 nitrogen and oxygen atoms in total. The molecule has 0 spiro atoms. The Hall–Kier alpha value is -0.730. The van der Waals surface area contributed by atoms with Crippen LogP contribution in [0.15, 0.2) is 12.1 Å². The molecule has 0 heterocycles. The number of hydrogen-bond acceptors (Lipinski definition) is 2. The first-order valence-electron chi connectivity index (χ1n) is 4.79. The number of hydrogen-bond donors (Lipinski definition) is 2. The number of nitrogens with two attached hydrogens (primary N) is 1. The first kappa shape index (κ1) is 11.3. The minimum atomic E-state index is -0.476. The van der Waals surface area contributed by atoms with Crippen molar-refractivity contribution < 1.29 is 5.11 Å². The van der Waals surface area contributed by atoms with Crippen LogP contribution in [0.2, 0.25) is 5.02 Å². The second-order valence-electron chi connectivity index (χ2n) is 3.53. The normalized spacial score (nSPS) is 12.9. The van der Waals surface area contributed by atoms with E-state index in [-0.39, 0.29) is 0 Å². The van der Waals surface area contributed by atoms with Crippen molar-refractivity contribution >= 4 is 17.3 Å². The zero-order valence-electron chi connectivity index (χ0n) is 8.55. The van der Waals surface area contributed by atoms with Crippen LogP contribution in [0.4, 0.5) is 5.69 Å². The van der Waals surface area contributed by atoms with Crippen molar-refractivity contribution in [1.29, 1.82) is 0 Å². The van der Waals surface area contributed by atoms with Crippen LogP contribution in [0.25, 0.3) is 0 Å². The molecular formula is C11H16ClNO. The zero-order chi connectivity index (χ0) is 10.7. The minimum Gasteiger partial charge on any atom is -0.398 e. The lowest BCUT2D eigenvalue weighted by Crippen LogP contribution is -2.02. The standard InChI is InChI=1S/C11H16ClNO/c1-3-4-11(14)8-5-7(2)9(12)6-10(8)13/h5-6,11,14H,3-4,13H2,1-2H3. The molecule has 1 atom stereocenters. The van der Waals surface area contributed by atoms with E-state index in [1.54, 1.807) is 6.07 Å². The Kier molecular flexibility index (Phi) is 3.78. The molecule has 3 heteroatoms. The predicted molar refractivity (Wildman–Crippen MR) is 60.5 cm³/mol. The average molecular weight is 214 g/mol. The lowest BCUT2D eigenvalue weighted by molar-refractivity contribution is 0.167. The van der Waals surface area contributed by atoms with Gasteiger partial charge in [0.15, 0.2) is 0 Å². The summed E-state index contributed by atoms with van der Waals surface area (Å²) in [4.78, 5) is 0. The molecule has 0 radical (unpaired) electrons. The third-order valence-corrected chi connectivity index (χ3v) is 2.69. The predicted octanol–water partition coefficient (Wildman–Crippen LogP) is 3.06. The molecule has 1 rings (SSSR count). The van der Waals surface area contributed by atoms with Crippen molar-refractivity contribution in [2.45, 2.75) is 32.8 Å². The fourth-order valence-electron chi connectivity index (χ4n) is 1.44. The highest BCUT2D eigenvalue weighted by Crippen LogP contribution is 2.29. The number of aryl methyl sites for hydroxylation is 1. The van der Waals surface area contributed by atoms with Crippen LogP contribution < -0.4 is 5.73 Å². The van der Waals surface area contributed by atoms with E-state index in [1.165, 1.54) is 0 Å². The Morgan fingerprint density at radius 3 is 2.71 bits per heavy atom. The third-order valence-electron chi connectivity index (χ3n) is 2.29. The van der Waals surface area contributed by atoms with Gasteiger partial charge in [-0.1, -0.05) is 24.9 Å². The van der Waals surface area contributed by atoms with E-state index in [0.29, 0.717) is 10.7 Å². The molecule has 0 aliphatic carbocycles. The quantitative estimate of drug-likeness (QED) is 0.759. The van der Waals surface area contributed by atoms with Crippen LogP contribution >= 0.6 is 11.6 Å². The van der Waals surface area contributed by atoms with Crippen LogP contribution in [-0.4, -0.2) is 5.11 Å². The van der Waals surface area contributed by atoms with Crippen LogP contribution in [0, 0.1) is 6.92 Å². The molecule has 0 saturated heterocycles. The molecule has 0 amide bonds. The number of anilines is 1. The average Bonchev–Trinajstić information content (AvgIpc) is 2.11.